The second-order valence-electron chi connectivity index (χ2n) is 7.50. The Hall–Kier alpha value is -3.26. The van der Waals surface area contributed by atoms with Crippen LogP contribution in [-0.2, 0) is 6.54 Å². The maximum absolute atomic E-state index is 12.5. The van der Waals surface area contributed by atoms with Crippen LogP contribution < -0.4 is 30.7 Å². The zero-order valence-corrected chi connectivity index (χ0v) is 18.0. The molecule has 1 aliphatic rings. The molecule has 3 rings (SSSR count). The number of anilines is 1. The molecule has 4 N–H and O–H groups in total. The molecule has 1 fully saturated rings. The number of rotatable bonds is 8. The molecule has 1 heterocycles. The molecule has 0 saturated carbocycles. The third-order valence-electron chi connectivity index (χ3n) is 5.23. The minimum Gasteiger partial charge on any atom is -0.493 e. The van der Waals surface area contributed by atoms with Gasteiger partial charge in [0, 0.05) is 30.4 Å². The fourth-order valence-electron chi connectivity index (χ4n) is 3.53. The second-order valence-corrected chi connectivity index (χ2v) is 7.50. The molecule has 1 atom stereocenters. The Morgan fingerprint density at radius 2 is 1.90 bits per heavy atom. The summed E-state index contributed by atoms with van der Waals surface area (Å²) in [4.78, 5) is 24.7. The van der Waals surface area contributed by atoms with Crippen molar-refractivity contribution in [2.24, 2.45) is 5.92 Å². The van der Waals surface area contributed by atoms with E-state index < -0.39 is 0 Å². The molecule has 0 radical (unpaired) electrons. The van der Waals surface area contributed by atoms with E-state index in [9.17, 15) is 9.59 Å². The van der Waals surface area contributed by atoms with Crippen molar-refractivity contribution in [2.75, 3.05) is 39.2 Å². The number of carbonyl (C=O) groups is 2. The normalized spacial score (nSPS) is 15.6. The molecule has 0 aliphatic carbocycles. The smallest absolute Gasteiger partial charge is 0.319 e. The van der Waals surface area contributed by atoms with Crippen molar-refractivity contribution in [2.45, 2.75) is 19.4 Å². The van der Waals surface area contributed by atoms with Crippen LogP contribution in [0.4, 0.5) is 10.5 Å². The lowest BCUT2D eigenvalue weighted by molar-refractivity contribution is 0.0944. The number of ether oxygens (including phenoxy) is 2. The van der Waals surface area contributed by atoms with Gasteiger partial charge in [0.1, 0.15) is 0 Å². The summed E-state index contributed by atoms with van der Waals surface area (Å²) in [6, 6.07) is 12.1. The van der Waals surface area contributed by atoms with Gasteiger partial charge in [-0.05, 0) is 61.7 Å². The standard InChI is InChI=1S/C23H30N4O4/c1-30-20-9-8-19(12-21(20)31-2)27-23(29)26-14-16-5-3-7-18(11-16)22(28)25-15-17-6-4-10-24-13-17/h3,5,7-9,11-12,17,24H,4,6,10,13-15H2,1-2H3,(H,25,28)(H2,26,27,29). The molecule has 0 aromatic heterocycles. The van der Waals surface area contributed by atoms with Gasteiger partial charge in [0.05, 0.1) is 14.2 Å². The Labute approximate surface area is 182 Å². The summed E-state index contributed by atoms with van der Waals surface area (Å²) in [6.45, 7) is 2.97. The molecular weight excluding hydrogens is 396 g/mol. The number of hydrogen-bond acceptors (Lipinski definition) is 5. The van der Waals surface area contributed by atoms with Gasteiger partial charge in [-0.15, -0.1) is 0 Å². The lowest BCUT2D eigenvalue weighted by Crippen LogP contribution is -2.38. The molecule has 2 aromatic carbocycles. The van der Waals surface area contributed by atoms with E-state index in [1.165, 1.54) is 7.11 Å². The van der Waals surface area contributed by atoms with Crippen LogP contribution in [0.15, 0.2) is 42.5 Å². The fourth-order valence-corrected chi connectivity index (χ4v) is 3.53. The van der Waals surface area contributed by atoms with Crippen LogP contribution in [0.5, 0.6) is 11.5 Å². The summed E-state index contributed by atoms with van der Waals surface area (Å²) in [5.41, 5.74) is 2.01. The first-order valence-corrected chi connectivity index (χ1v) is 10.4. The first kappa shape index (κ1) is 22.4. The molecule has 3 amide bonds. The maximum atomic E-state index is 12.5. The zero-order valence-electron chi connectivity index (χ0n) is 18.0. The topological polar surface area (TPSA) is 101 Å². The van der Waals surface area contributed by atoms with E-state index in [1.54, 1.807) is 37.4 Å². The summed E-state index contributed by atoms with van der Waals surface area (Å²) in [5.74, 6) is 1.50. The van der Waals surface area contributed by atoms with Gasteiger partial charge >= 0.3 is 6.03 Å². The van der Waals surface area contributed by atoms with Crippen molar-refractivity contribution in [3.05, 3.63) is 53.6 Å². The zero-order chi connectivity index (χ0) is 22.1. The number of amides is 3. The number of urea groups is 1. The quantitative estimate of drug-likeness (QED) is 0.520. The van der Waals surface area contributed by atoms with E-state index in [2.05, 4.69) is 21.3 Å². The monoisotopic (exact) mass is 426 g/mol. The van der Waals surface area contributed by atoms with Crippen LogP contribution in [0.1, 0.15) is 28.8 Å². The molecule has 0 bridgehead atoms. The van der Waals surface area contributed by atoms with Crippen molar-refractivity contribution in [3.63, 3.8) is 0 Å². The van der Waals surface area contributed by atoms with E-state index in [1.807, 2.05) is 12.1 Å². The van der Waals surface area contributed by atoms with Crippen LogP contribution in [-0.4, -0.2) is 45.8 Å². The molecule has 1 saturated heterocycles. The number of benzene rings is 2. The number of methoxy groups -OCH3 is 2. The number of nitrogens with one attached hydrogen (secondary N) is 4. The number of carbonyl (C=O) groups excluding carboxylic acids is 2. The van der Waals surface area contributed by atoms with Gasteiger partial charge in [0.2, 0.25) is 0 Å². The fraction of sp³-hybridized carbons (Fsp3) is 0.391. The highest BCUT2D eigenvalue weighted by molar-refractivity contribution is 5.94. The first-order chi connectivity index (χ1) is 15.1. The van der Waals surface area contributed by atoms with Crippen LogP contribution in [0.2, 0.25) is 0 Å². The van der Waals surface area contributed by atoms with Gasteiger partial charge in [-0.1, -0.05) is 12.1 Å². The van der Waals surface area contributed by atoms with Crippen LogP contribution in [0, 0.1) is 5.92 Å². The summed E-state index contributed by atoms with van der Waals surface area (Å²) in [7, 11) is 3.09. The van der Waals surface area contributed by atoms with Crippen molar-refractivity contribution < 1.29 is 19.1 Å². The van der Waals surface area contributed by atoms with Gasteiger partial charge in [-0.3, -0.25) is 4.79 Å². The predicted octanol–water partition coefficient (Wildman–Crippen LogP) is 2.75. The van der Waals surface area contributed by atoms with Gasteiger partial charge < -0.3 is 30.7 Å². The molecule has 0 spiro atoms. The Bertz CT molecular complexity index is 897. The minimum atomic E-state index is -0.355. The van der Waals surface area contributed by atoms with Crippen LogP contribution >= 0.6 is 0 Å². The number of hydrogen-bond donors (Lipinski definition) is 4. The van der Waals surface area contributed by atoms with Gasteiger partial charge in [-0.2, -0.15) is 0 Å². The molecule has 8 heteroatoms. The molecule has 2 aromatic rings. The Balaban J connectivity index is 1.50. The average Bonchev–Trinajstić information content (AvgIpc) is 2.82. The van der Waals surface area contributed by atoms with Gasteiger partial charge in [-0.25, -0.2) is 4.79 Å². The van der Waals surface area contributed by atoms with Gasteiger partial charge in [0.15, 0.2) is 11.5 Å². The highest BCUT2D eigenvalue weighted by Gasteiger charge is 2.15. The first-order valence-electron chi connectivity index (χ1n) is 10.4. The van der Waals surface area contributed by atoms with Crippen molar-refractivity contribution >= 4 is 17.6 Å². The number of piperidine rings is 1. The lowest BCUT2D eigenvalue weighted by atomic mass is 9.99. The van der Waals surface area contributed by atoms with E-state index in [0.717, 1.165) is 31.5 Å². The summed E-state index contributed by atoms with van der Waals surface area (Å²) in [5, 5.41) is 11.9. The summed E-state index contributed by atoms with van der Waals surface area (Å²) in [6.07, 6.45) is 2.28. The maximum Gasteiger partial charge on any atom is 0.319 e. The van der Waals surface area contributed by atoms with E-state index in [4.69, 9.17) is 9.47 Å². The Kier molecular flexibility index (Phi) is 8.12. The largest absolute Gasteiger partial charge is 0.493 e. The third kappa shape index (κ3) is 6.62. The second kappa shape index (κ2) is 11.2. The van der Waals surface area contributed by atoms with E-state index >= 15 is 0 Å². The van der Waals surface area contributed by atoms with Crippen molar-refractivity contribution in [3.8, 4) is 11.5 Å². The van der Waals surface area contributed by atoms with Crippen molar-refractivity contribution in [1.29, 1.82) is 0 Å². The average molecular weight is 427 g/mol. The highest BCUT2D eigenvalue weighted by atomic mass is 16.5. The van der Waals surface area contributed by atoms with Crippen molar-refractivity contribution in [1.82, 2.24) is 16.0 Å². The molecule has 1 aliphatic heterocycles. The molecule has 1 unspecified atom stereocenters. The van der Waals surface area contributed by atoms with E-state index in [0.29, 0.717) is 41.8 Å². The highest BCUT2D eigenvalue weighted by Crippen LogP contribution is 2.29. The molecule has 166 valence electrons. The van der Waals surface area contributed by atoms with Gasteiger partial charge in [0.25, 0.3) is 5.91 Å². The van der Waals surface area contributed by atoms with E-state index in [-0.39, 0.29) is 11.9 Å². The predicted molar refractivity (Wildman–Crippen MR) is 120 cm³/mol. The van der Waals surface area contributed by atoms with Crippen LogP contribution in [0.3, 0.4) is 0 Å². The minimum absolute atomic E-state index is 0.0952. The Morgan fingerprint density at radius 3 is 2.65 bits per heavy atom. The SMILES string of the molecule is COc1ccc(NC(=O)NCc2cccc(C(=O)NCC3CCCNC3)c2)cc1OC. The molecule has 8 nitrogen and oxygen atoms in total. The third-order valence-corrected chi connectivity index (χ3v) is 5.23. The summed E-state index contributed by atoms with van der Waals surface area (Å²) < 4.78 is 10.4. The Morgan fingerprint density at radius 1 is 1.06 bits per heavy atom. The summed E-state index contributed by atoms with van der Waals surface area (Å²) >= 11 is 0. The molecular formula is C23H30N4O4. The van der Waals surface area contributed by atoms with Crippen LogP contribution in [0.25, 0.3) is 0 Å². The molecule has 31 heavy (non-hydrogen) atoms. The lowest BCUT2D eigenvalue weighted by Gasteiger charge is -2.22.